The molecule has 144 valence electrons. The first-order chi connectivity index (χ1) is 12.4. The van der Waals surface area contributed by atoms with Gasteiger partial charge in [-0.3, -0.25) is 14.4 Å². The third-order valence-electron chi connectivity index (χ3n) is 3.83. The molecule has 1 rings (SSSR count). The Balaban J connectivity index is 2.65. The van der Waals surface area contributed by atoms with E-state index in [1.54, 1.807) is 12.1 Å². The van der Waals surface area contributed by atoms with Crippen LogP contribution in [0.3, 0.4) is 0 Å². The summed E-state index contributed by atoms with van der Waals surface area (Å²) in [5.41, 5.74) is 16.8. The van der Waals surface area contributed by atoms with Crippen LogP contribution in [0, 0.1) is 0 Å². The van der Waals surface area contributed by atoms with E-state index < -0.39 is 11.9 Å². The number of hydrogen-bond donors (Lipinski definition) is 4. The Bertz CT molecular complexity index is 634. The summed E-state index contributed by atoms with van der Waals surface area (Å²) in [7, 11) is 0. The summed E-state index contributed by atoms with van der Waals surface area (Å²) < 4.78 is 5.60. The number of nitrogens with two attached hydrogens (primary N) is 3. The molecule has 1 aromatic rings. The maximum atomic E-state index is 12.5. The maximum absolute atomic E-state index is 12.5. The number of nitrogens with one attached hydrogen (secondary N) is 1. The topological polar surface area (TPSA) is 151 Å². The standard InChI is InChI=1S/C18H28N4O4/c1-12(23)13-6-7-16(26-10-4-8-19)14(11-13)18(25)22-9-3-2-5-15(20)17(21)24/h6-7,11,15H,2-5,8-10,19-20H2,1H3,(H2,21,24)(H,22,25). The molecule has 0 radical (unpaired) electrons. The minimum absolute atomic E-state index is 0.131. The summed E-state index contributed by atoms with van der Waals surface area (Å²) in [4.78, 5) is 34.9. The highest BCUT2D eigenvalue weighted by Crippen LogP contribution is 2.21. The van der Waals surface area contributed by atoms with Gasteiger partial charge < -0.3 is 27.3 Å². The molecule has 0 saturated heterocycles. The molecular formula is C18H28N4O4. The summed E-state index contributed by atoms with van der Waals surface area (Å²) >= 11 is 0. The third kappa shape index (κ3) is 7.20. The first-order valence-corrected chi connectivity index (χ1v) is 8.67. The lowest BCUT2D eigenvalue weighted by Crippen LogP contribution is -2.36. The highest BCUT2D eigenvalue weighted by Gasteiger charge is 2.15. The minimum Gasteiger partial charge on any atom is -0.493 e. The van der Waals surface area contributed by atoms with Crippen molar-refractivity contribution in [3.05, 3.63) is 29.3 Å². The zero-order chi connectivity index (χ0) is 19.5. The van der Waals surface area contributed by atoms with Crippen molar-refractivity contribution in [3.63, 3.8) is 0 Å². The summed E-state index contributed by atoms with van der Waals surface area (Å²) in [5.74, 6) is -0.575. The van der Waals surface area contributed by atoms with Gasteiger partial charge in [-0.1, -0.05) is 0 Å². The van der Waals surface area contributed by atoms with Crippen LogP contribution in [0.2, 0.25) is 0 Å². The van der Waals surface area contributed by atoms with Gasteiger partial charge in [-0.2, -0.15) is 0 Å². The van der Waals surface area contributed by atoms with Crippen molar-refractivity contribution in [2.45, 2.75) is 38.6 Å². The van der Waals surface area contributed by atoms with E-state index in [1.807, 2.05) is 0 Å². The lowest BCUT2D eigenvalue weighted by atomic mass is 10.1. The Labute approximate surface area is 153 Å². The largest absolute Gasteiger partial charge is 0.493 e. The molecule has 0 fully saturated rings. The molecule has 0 bridgehead atoms. The van der Waals surface area contributed by atoms with Gasteiger partial charge in [0.1, 0.15) is 5.75 Å². The van der Waals surface area contributed by atoms with Gasteiger partial charge in [0.2, 0.25) is 5.91 Å². The van der Waals surface area contributed by atoms with Gasteiger partial charge in [-0.25, -0.2) is 0 Å². The number of amides is 2. The molecule has 2 amide bonds. The van der Waals surface area contributed by atoms with Gasteiger partial charge in [0.15, 0.2) is 5.78 Å². The van der Waals surface area contributed by atoms with Gasteiger partial charge >= 0.3 is 0 Å². The van der Waals surface area contributed by atoms with E-state index in [0.717, 1.165) is 0 Å². The minimum atomic E-state index is -0.666. The Morgan fingerprint density at radius 3 is 2.54 bits per heavy atom. The zero-order valence-corrected chi connectivity index (χ0v) is 15.1. The number of Topliss-reactive ketones (excluding diaryl/α,β-unsaturated/α-hetero) is 1. The number of rotatable bonds is 12. The van der Waals surface area contributed by atoms with Crippen LogP contribution in [0.4, 0.5) is 0 Å². The van der Waals surface area contributed by atoms with Crippen molar-refractivity contribution < 1.29 is 19.1 Å². The van der Waals surface area contributed by atoms with Gasteiger partial charge in [0.05, 0.1) is 18.2 Å². The molecule has 0 heterocycles. The van der Waals surface area contributed by atoms with Crippen LogP contribution in [-0.4, -0.2) is 43.3 Å². The third-order valence-corrected chi connectivity index (χ3v) is 3.83. The lowest BCUT2D eigenvalue weighted by molar-refractivity contribution is -0.119. The van der Waals surface area contributed by atoms with Crippen LogP contribution < -0.4 is 27.3 Å². The summed E-state index contributed by atoms with van der Waals surface area (Å²) in [6.45, 7) is 2.73. The van der Waals surface area contributed by atoms with Crippen LogP contribution in [0.15, 0.2) is 18.2 Å². The number of unbranched alkanes of at least 4 members (excludes halogenated alkanes) is 1. The Kier molecular flexibility index (Phi) is 9.32. The predicted octanol–water partition coefficient (Wildman–Crippen LogP) is 0.330. The lowest BCUT2D eigenvalue weighted by Gasteiger charge is -2.13. The summed E-state index contributed by atoms with van der Waals surface area (Å²) in [6, 6.07) is 4.11. The number of carbonyl (C=O) groups is 3. The van der Waals surface area contributed by atoms with Crippen LogP contribution >= 0.6 is 0 Å². The van der Waals surface area contributed by atoms with Gasteiger partial charge in [-0.15, -0.1) is 0 Å². The second kappa shape index (κ2) is 11.2. The molecule has 0 saturated carbocycles. The molecule has 1 aromatic carbocycles. The number of ether oxygens (including phenoxy) is 1. The van der Waals surface area contributed by atoms with E-state index in [4.69, 9.17) is 21.9 Å². The van der Waals surface area contributed by atoms with Crippen molar-refractivity contribution >= 4 is 17.6 Å². The number of ketones is 1. The molecule has 8 nitrogen and oxygen atoms in total. The van der Waals surface area contributed by atoms with E-state index in [9.17, 15) is 14.4 Å². The van der Waals surface area contributed by atoms with Crippen LogP contribution in [-0.2, 0) is 4.79 Å². The molecule has 1 atom stereocenters. The van der Waals surface area contributed by atoms with E-state index >= 15 is 0 Å². The number of primary amides is 1. The summed E-state index contributed by atoms with van der Waals surface area (Å²) in [5, 5.41) is 2.79. The van der Waals surface area contributed by atoms with Crippen LogP contribution in [0.5, 0.6) is 5.75 Å². The average molecular weight is 364 g/mol. The monoisotopic (exact) mass is 364 g/mol. The highest BCUT2D eigenvalue weighted by atomic mass is 16.5. The van der Waals surface area contributed by atoms with E-state index in [2.05, 4.69) is 5.32 Å². The second-order valence-corrected chi connectivity index (χ2v) is 6.02. The molecule has 26 heavy (non-hydrogen) atoms. The second-order valence-electron chi connectivity index (χ2n) is 6.02. The molecule has 0 aromatic heterocycles. The molecule has 1 unspecified atom stereocenters. The molecule has 0 spiro atoms. The zero-order valence-electron chi connectivity index (χ0n) is 15.1. The molecule has 0 aliphatic rings. The molecule has 0 aliphatic heterocycles. The number of carbonyl (C=O) groups excluding carboxylic acids is 3. The van der Waals surface area contributed by atoms with E-state index in [1.165, 1.54) is 13.0 Å². The van der Waals surface area contributed by atoms with Crippen LogP contribution in [0.25, 0.3) is 0 Å². The van der Waals surface area contributed by atoms with Gasteiger partial charge in [0.25, 0.3) is 5.91 Å². The quantitative estimate of drug-likeness (QED) is 0.310. The van der Waals surface area contributed by atoms with Crippen molar-refractivity contribution in [1.29, 1.82) is 0 Å². The fourth-order valence-corrected chi connectivity index (χ4v) is 2.25. The van der Waals surface area contributed by atoms with Crippen molar-refractivity contribution in [2.24, 2.45) is 17.2 Å². The smallest absolute Gasteiger partial charge is 0.255 e. The van der Waals surface area contributed by atoms with Crippen molar-refractivity contribution in [2.75, 3.05) is 19.7 Å². The predicted molar refractivity (Wildman–Crippen MR) is 99.0 cm³/mol. The molecule has 7 N–H and O–H groups in total. The van der Waals surface area contributed by atoms with Crippen molar-refractivity contribution in [1.82, 2.24) is 5.32 Å². The molecule has 0 aliphatic carbocycles. The van der Waals surface area contributed by atoms with Crippen LogP contribution in [0.1, 0.15) is 53.3 Å². The first-order valence-electron chi connectivity index (χ1n) is 8.67. The molecular weight excluding hydrogens is 336 g/mol. The normalized spacial score (nSPS) is 11.7. The number of hydrogen-bond acceptors (Lipinski definition) is 6. The Morgan fingerprint density at radius 2 is 1.92 bits per heavy atom. The Hall–Kier alpha value is -2.45. The average Bonchev–Trinajstić information content (AvgIpc) is 2.61. The molecule has 8 heteroatoms. The fraction of sp³-hybridized carbons (Fsp3) is 0.500. The fourth-order valence-electron chi connectivity index (χ4n) is 2.25. The van der Waals surface area contributed by atoms with Gasteiger partial charge in [0, 0.05) is 12.1 Å². The summed E-state index contributed by atoms with van der Waals surface area (Å²) in [6.07, 6.45) is 2.45. The maximum Gasteiger partial charge on any atom is 0.255 e. The first kappa shape index (κ1) is 21.6. The van der Waals surface area contributed by atoms with E-state index in [-0.39, 0.29) is 11.7 Å². The number of benzene rings is 1. The Morgan fingerprint density at radius 1 is 1.19 bits per heavy atom. The highest BCUT2D eigenvalue weighted by molar-refractivity contribution is 6.01. The van der Waals surface area contributed by atoms with Gasteiger partial charge in [-0.05, 0) is 57.4 Å². The SMILES string of the molecule is CC(=O)c1ccc(OCCCN)c(C(=O)NCCCCC(N)C(N)=O)c1. The van der Waals surface area contributed by atoms with Crippen molar-refractivity contribution in [3.8, 4) is 5.75 Å². The van der Waals surface area contributed by atoms with E-state index in [0.29, 0.717) is 62.3 Å².